The summed E-state index contributed by atoms with van der Waals surface area (Å²) in [7, 11) is 0. The number of aliphatic imine (C=N–C) groups is 1. The number of hydrogen-bond donors (Lipinski definition) is 2. The Morgan fingerprint density at radius 3 is 2.20 bits per heavy atom. The number of carboxylic acids is 1. The SMILES string of the molecule is CC(C)(C)OC(=O)NC1=NC(/C(=N/OC2(C(=O)OC(C)(C)C)CCC2)C(=O)O)CS1. The Labute approximate surface area is 179 Å². The number of carbonyl (C=O) groups is 3. The van der Waals surface area contributed by atoms with Crippen molar-refractivity contribution in [3.8, 4) is 0 Å². The van der Waals surface area contributed by atoms with Crippen molar-refractivity contribution in [1.29, 1.82) is 0 Å². The van der Waals surface area contributed by atoms with Crippen LogP contribution in [0.15, 0.2) is 10.1 Å². The molecule has 0 aromatic heterocycles. The molecule has 10 nitrogen and oxygen atoms in total. The summed E-state index contributed by atoms with van der Waals surface area (Å²) in [5, 5.41) is 16.0. The molecule has 1 aliphatic heterocycles. The summed E-state index contributed by atoms with van der Waals surface area (Å²) in [5.41, 5.74) is -3.00. The van der Waals surface area contributed by atoms with Crippen LogP contribution >= 0.6 is 11.8 Å². The summed E-state index contributed by atoms with van der Waals surface area (Å²) in [6, 6.07) is -0.840. The highest BCUT2D eigenvalue weighted by Crippen LogP contribution is 2.38. The van der Waals surface area contributed by atoms with Crippen LogP contribution in [0.25, 0.3) is 0 Å². The topological polar surface area (TPSA) is 136 Å². The predicted molar refractivity (Wildman–Crippen MR) is 112 cm³/mol. The van der Waals surface area contributed by atoms with E-state index in [2.05, 4.69) is 15.5 Å². The normalized spacial score (nSPS) is 21.2. The summed E-state index contributed by atoms with van der Waals surface area (Å²) in [5.74, 6) is -1.63. The Morgan fingerprint density at radius 2 is 1.73 bits per heavy atom. The molecule has 2 N–H and O–H groups in total. The average Bonchev–Trinajstić information content (AvgIpc) is 2.93. The maximum absolute atomic E-state index is 12.5. The van der Waals surface area contributed by atoms with Crippen LogP contribution in [0.5, 0.6) is 0 Å². The number of nitrogens with one attached hydrogen (secondary N) is 1. The molecule has 1 fully saturated rings. The van der Waals surface area contributed by atoms with Crippen LogP contribution in [0.3, 0.4) is 0 Å². The first-order valence-corrected chi connectivity index (χ1v) is 10.6. The van der Waals surface area contributed by atoms with E-state index in [0.717, 1.165) is 18.2 Å². The van der Waals surface area contributed by atoms with Gasteiger partial charge in [-0.15, -0.1) is 0 Å². The summed E-state index contributed by atoms with van der Waals surface area (Å²) in [6.07, 6.45) is 0.857. The number of esters is 1. The molecule has 2 aliphatic rings. The Kier molecular flexibility index (Phi) is 7.05. The van der Waals surface area contributed by atoms with Gasteiger partial charge in [-0.2, -0.15) is 0 Å². The van der Waals surface area contributed by atoms with Crippen molar-refractivity contribution in [2.75, 3.05) is 5.75 Å². The van der Waals surface area contributed by atoms with Crippen LogP contribution < -0.4 is 5.32 Å². The molecule has 1 aliphatic carbocycles. The zero-order valence-corrected chi connectivity index (χ0v) is 18.9. The Balaban J connectivity index is 2.09. The zero-order chi connectivity index (χ0) is 22.7. The van der Waals surface area contributed by atoms with Crippen molar-refractivity contribution >= 4 is 40.7 Å². The molecule has 0 aromatic rings. The van der Waals surface area contributed by atoms with E-state index in [1.165, 1.54) is 0 Å². The third-order valence-electron chi connectivity index (χ3n) is 4.04. The van der Waals surface area contributed by atoms with Crippen LogP contribution in [-0.2, 0) is 23.9 Å². The van der Waals surface area contributed by atoms with E-state index in [4.69, 9.17) is 14.3 Å². The minimum absolute atomic E-state index is 0.230. The number of thioether (sulfide) groups is 1. The highest BCUT2D eigenvalue weighted by molar-refractivity contribution is 8.14. The number of amidine groups is 1. The molecule has 1 saturated carbocycles. The lowest BCUT2D eigenvalue weighted by Gasteiger charge is -2.38. The molecule has 0 spiro atoms. The van der Waals surface area contributed by atoms with Crippen molar-refractivity contribution in [2.45, 2.75) is 83.6 Å². The van der Waals surface area contributed by atoms with Gasteiger partial charge in [-0.3, -0.25) is 10.3 Å². The van der Waals surface area contributed by atoms with Gasteiger partial charge in [0.15, 0.2) is 10.9 Å². The number of oxime groups is 1. The van der Waals surface area contributed by atoms with E-state index >= 15 is 0 Å². The van der Waals surface area contributed by atoms with Gasteiger partial charge in [0.2, 0.25) is 5.60 Å². The van der Waals surface area contributed by atoms with Gasteiger partial charge < -0.3 is 19.4 Å². The third kappa shape index (κ3) is 6.61. The first-order chi connectivity index (χ1) is 13.7. The number of amides is 1. The maximum Gasteiger partial charge on any atom is 0.413 e. The lowest BCUT2D eigenvalue weighted by atomic mass is 9.80. The van der Waals surface area contributed by atoms with Gasteiger partial charge in [-0.05, 0) is 48.0 Å². The molecule has 0 saturated heterocycles. The van der Waals surface area contributed by atoms with Gasteiger partial charge in [0.1, 0.15) is 17.2 Å². The third-order valence-corrected chi connectivity index (χ3v) is 5.01. The molecule has 1 heterocycles. The summed E-state index contributed by atoms with van der Waals surface area (Å²) in [6.45, 7) is 10.4. The minimum Gasteiger partial charge on any atom is -0.477 e. The van der Waals surface area contributed by atoms with E-state index in [0.29, 0.717) is 12.8 Å². The molecule has 30 heavy (non-hydrogen) atoms. The van der Waals surface area contributed by atoms with Crippen LogP contribution in [0.4, 0.5) is 4.79 Å². The molecule has 0 bridgehead atoms. The van der Waals surface area contributed by atoms with Crippen molar-refractivity contribution in [2.24, 2.45) is 10.1 Å². The van der Waals surface area contributed by atoms with Crippen molar-refractivity contribution in [1.82, 2.24) is 5.32 Å². The van der Waals surface area contributed by atoms with Crippen LogP contribution in [0.2, 0.25) is 0 Å². The number of hydrogen-bond acceptors (Lipinski definition) is 9. The highest BCUT2D eigenvalue weighted by Gasteiger charge is 2.50. The molecular weight excluding hydrogens is 414 g/mol. The Bertz CT molecular complexity index is 761. The molecule has 0 aromatic carbocycles. The second kappa shape index (κ2) is 8.83. The zero-order valence-electron chi connectivity index (χ0n) is 18.1. The van der Waals surface area contributed by atoms with Gasteiger partial charge in [0.05, 0.1) is 0 Å². The Hall–Kier alpha value is -2.30. The van der Waals surface area contributed by atoms with E-state index in [1.807, 2.05) is 0 Å². The molecular formula is C19H29N3O7S. The summed E-state index contributed by atoms with van der Waals surface area (Å²) >= 11 is 1.16. The summed E-state index contributed by atoms with van der Waals surface area (Å²) in [4.78, 5) is 45.7. The van der Waals surface area contributed by atoms with Crippen molar-refractivity contribution in [3.63, 3.8) is 0 Å². The minimum atomic E-state index is -1.32. The second-order valence-corrected chi connectivity index (χ2v) is 10.1. The monoisotopic (exact) mass is 443 g/mol. The fourth-order valence-corrected chi connectivity index (χ4v) is 3.46. The number of alkyl carbamates (subject to hydrolysis) is 1. The predicted octanol–water partition coefficient (Wildman–Crippen LogP) is 2.70. The number of carboxylic acid groups (broad SMARTS) is 1. The lowest BCUT2D eigenvalue weighted by molar-refractivity contribution is -0.196. The van der Waals surface area contributed by atoms with Gasteiger partial charge in [-0.1, -0.05) is 16.9 Å². The number of aliphatic carboxylic acids is 1. The largest absolute Gasteiger partial charge is 0.477 e. The van der Waals surface area contributed by atoms with Crippen LogP contribution in [0.1, 0.15) is 60.8 Å². The summed E-state index contributed by atoms with van der Waals surface area (Å²) < 4.78 is 10.5. The quantitative estimate of drug-likeness (QED) is 0.376. The van der Waals surface area contributed by atoms with E-state index in [9.17, 15) is 19.5 Å². The van der Waals surface area contributed by atoms with E-state index in [-0.39, 0.29) is 16.6 Å². The molecule has 168 valence electrons. The lowest BCUT2D eigenvalue weighted by Crippen LogP contribution is -2.50. The molecule has 0 radical (unpaired) electrons. The number of carbonyl (C=O) groups excluding carboxylic acids is 2. The fraction of sp³-hybridized carbons (Fsp3) is 0.737. The van der Waals surface area contributed by atoms with Crippen LogP contribution in [0, 0.1) is 0 Å². The Morgan fingerprint density at radius 1 is 1.13 bits per heavy atom. The highest BCUT2D eigenvalue weighted by atomic mass is 32.2. The average molecular weight is 444 g/mol. The van der Waals surface area contributed by atoms with Crippen molar-refractivity contribution in [3.05, 3.63) is 0 Å². The number of nitrogens with zero attached hydrogens (tertiary/aromatic N) is 2. The van der Waals surface area contributed by atoms with Gasteiger partial charge in [0.25, 0.3) is 0 Å². The molecule has 2 rings (SSSR count). The van der Waals surface area contributed by atoms with Gasteiger partial charge >= 0.3 is 18.0 Å². The first kappa shape index (κ1) is 24.0. The number of ether oxygens (including phenoxy) is 2. The van der Waals surface area contributed by atoms with Gasteiger partial charge in [-0.25, -0.2) is 14.4 Å². The van der Waals surface area contributed by atoms with Crippen molar-refractivity contribution < 1.29 is 33.8 Å². The number of rotatable bonds is 5. The fourth-order valence-electron chi connectivity index (χ4n) is 2.55. The standard InChI is InChI=1S/C19H29N3O7S/c1-17(2,3)27-14(25)19(8-7-9-19)29-22-12(13(23)24)11-10-30-15(20-11)21-16(26)28-18(4,5)6/h11H,7-10H2,1-6H3,(H,23,24)(H,20,21,26)/b22-12-. The molecule has 1 atom stereocenters. The second-order valence-electron chi connectivity index (χ2n) is 9.11. The van der Waals surface area contributed by atoms with E-state index in [1.54, 1.807) is 41.5 Å². The maximum atomic E-state index is 12.5. The van der Waals surface area contributed by atoms with Crippen LogP contribution in [-0.4, -0.2) is 62.6 Å². The van der Waals surface area contributed by atoms with E-state index < -0.39 is 40.9 Å². The molecule has 1 unspecified atom stereocenters. The molecule has 1 amide bonds. The smallest absolute Gasteiger partial charge is 0.413 e. The molecule has 11 heteroatoms. The van der Waals surface area contributed by atoms with Gasteiger partial charge in [0, 0.05) is 18.6 Å². The first-order valence-electron chi connectivity index (χ1n) is 9.64.